The van der Waals surface area contributed by atoms with Crippen LogP contribution in [0.5, 0.6) is 0 Å². The van der Waals surface area contributed by atoms with E-state index in [0.717, 1.165) is 23.5 Å². The first-order valence-electron chi connectivity index (χ1n) is 19.3. The van der Waals surface area contributed by atoms with E-state index >= 15 is 0 Å². The highest BCUT2D eigenvalue weighted by Gasteiger charge is 2.30. The van der Waals surface area contributed by atoms with Gasteiger partial charge in [0.25, 0.3) is 0 Å². The molecule has 0 spiro atoms. The van der Waals surface area contributed by atoms with Gasteiger partial charge in [0.2, 0.25) is 0 Å². The Balaban J connectivity index is 1.08. The minimum Gasteiger partial charge on any atom is -0.311 e. The summed E-state index contributed by atoms with van der Waals surface area (Å²) in [5, 5.41) is 0. The summed E-state index contributed by atoms with van der Waals surface area (Å²) in [7, 11) is 0. The molecule has 7 aromatic rings. The molecule has 0 N–H and O–H groups in total. The van der Waals surface area contributed by atoms with Gasteiger partial charge in [-0.2, -0.15) is 0 Å². The third kappa shape index (κ3) is 5.91. The highest BCUT2D eigenvalue weighted by Crippen LogP contribution is 2.47. The average Bonchev–Trinajstić information content (AvgIpc) is 3.68. The molecule has 1 nitrogen and oxygen atoms in total. The van der Waals surface area contributed by atoms with E-state index < -0.39 is 0 Å². The smallest absolute Gasteiger partial charge is 0.0462 e. The summed E-state index contributed by atoms with van der Waals surface area (Å²) >= 11 is 0. The lowest BCUT2D eigenvalue weighted by Gasteiger charge is -2.26. The molecule has 0 saturated heterocycles. The Labute approximate surface area is 320 Å². The van der Waals surface area contributed by atoms with Crippen molar-refractivity contribution in [1.82, 2.24) is 0 Å². The van der Waals surface area contributed by atoms with Gasteiger partial charge in [-0.3, -0.25) is 0 Å². The second-order valence-corrected chi connectivity index (χ2v) is 15.3. The standard InChI is InChI=1S/C53H45N/c1-5-46-36(2)47-15-9-10-17-49(47)52(46)42-27-33-45(34-28-42)54(44-31-25-41(26-32-44)50-35-53(3,4)51-18-12-11-16-48(50)51)43-29-23-40(24-30-43)39-21-19-38(20-22-39)37-13-7-6-8-14-37/h6-36H,5H2,1-4H3. The van der Waals surface area contributed by atoms with Crippen molar-refractivity contribution >= 4 is 28.2 Å². The zero-order chi connectivity index (χ0) is 36.8. The molecule has 1 unspecified atom stereocenters. The van der Waals surface area contributed by atoms with E-state index in [9.17, 15) is 0 Å². The fourth-order valence-corrected chi connectivity index (χ4v) is 8.84. The molecule has 54 heavy (non-hydrogen) atoms. The molecule has 0 fully saturated rings. The molecule has 0 saturated carbocycles. The fourth-order valence-electron chi connectivity index (χ4n) is 8.84. The van der Waals surface area contributed by atoms with Gasteiger partial charge in [0.1, 0.15) is 0 Å². The zero-order valence-corrected chi connectivity index (χ0v) is 31.6. The molecule has 262 valence electrons. The van der Waals surface area contributed by atoms with Crippen LogP contribution in [0.15, 0.2) is 188 Å². The van der Waals surface area contributed by atoms with E-state index in [4.69, 9.17) is 0 Å². The molecule has 0 radical (unpaired) electrons. The van der Waals surface area contributed by atoms with Crippen LogP contribution in [0.2, 0.25) is 0 Å². The quantitative estimate of drug-likeness (QED) is 0.153. The predicted octanol–water partition coefficient (Wildman–Crippen LogP) is 14.5. The molecule has 0 aromatic heterocycles. The first-order chi connectivity index (χ1) is 26.4. The monoisotopic (exact) mass is 695 g/mol. The summed E-state index contributed by atoms with van der Waals surface area (Å²) in [6, 6.07) is 64.6. The van der Waals surface area contributed by atoms with Crippen molar-refractivity contribution in [1.29, 1.82) is 0 Å². The molecule has 7 aromatic carbocycles. The second kappa shape index (κ2) is 13.7. The van der Waals surface area contributed by atoms with Gasteiger partial charge in [-0.05, 0) is 110 Å². The lowest BCUT2D eigenvalue weighted by molar-refractivity contribution is 0.683. The van der Waals surface area contributed by atoms with Crippen LogP contribution >= 0.6 is 0 Å². The van der Waals surface area contributed by atoms with Crippen molar-refractivity contribution in [2.75, 3.05) is 4.90 Å². The predicted molar refractivity (Wildman–Crippen MR) is 230 cm³/mol. The third-order valence-electron chi connectivity index (χ3n) is 11.6. The van der Waals surface area contributed by atoms with Gasteiger partial charge >= 0.3 is 0 Å². The van der Waals surface area contributed by atoms with Gasteiger partial charge < -0.3 is 4.90 Å². The number of hydrogen-bond donors (Lipinski definition) is 0. The topological polar surface area (TPSA) is 3.24 Å². The van der Waals surface area contributed by atoms with E-state index in [0.29, 0.717) is 5.92 Å². The number of benzene rings is 7. The maximum absolute atomic E-state index is 2.43. The van der Waals surface area contributed by atoms with Gasteiger partial charge in [0, 0.05) is 28.4 Å². The second-order valence-electron chi connectivity index (χ2n) is 15.3. The fraction of sp³-hybridized carbons (Fsp3) is 0.132. The Morgan fingerprint density at radius 1 is 0.463 bits per heavy atom. The molecule has 2 aliphatic rings. The van der Waals surface area contributed by atoms with Gasteiger partial charge in [-0.15, -0.1) is 0 Å². The zero-order valence-electron chi connectivity index (χ0n) is 31.6. The average molecular weight is 696 g/mol. The number of anilines is 3. The van der Waals surface area contributed by atoms with Crippen LogP contribution in [0.25, 0.3) is 33.4 Å². The van der Waals surface area contributed by atoms with Crippen LogP contribution in [-0.4, -0.2) is 0 Å². The molecule has 0 bridgehead atoms. The summed E-state index contributed by atoms with van der Waals surface area (Å²) < 4.78 is 0. The van der Waals surface area contributed by atoms with E-state index in [1.54, 1.807) is 0 Å². The highest BCUT2D eigenvalue weighted by molar-refractivity contribution is 5.90. The van der Waals surface area contributed by atoms with Crippen molar-refractivity contribution in [3.05, 3.63) is 221 Å². The van der Waals surface area contributed by atoms with E-state index in [2.05, 4.69) is 215 Å². The Bertz CT molecular complexity index is 2510. The number of nitrogens with zero attached hydrogens (tertiary/aromatic N) is 1. The van der Waals surface area contributed by atoms with Crippen LogP contribution in [0, 0.1) is 0 Å². The molecular weight excluding hydrogens is 651 g/mol. The summed E-state index contributed by atoms with van der Waals surface area (Å²) in [5.41, 5.74) is 20.6. The largest absolute Gasteiger partial charge is 0.311 e. The third-order valence-corrected chi connectivity index (χ3v) is 11.6. The van der Waals surface area contributed by atoms with E-state index in [1.807, 2.05) is 0 Å². The SMILES string of the molecule is CCC1=C(c2ccc(N(c3ccc(C4=CC(C)(C)c5ccccc54)cc3)c3ccc(-c4ccc(-c5ccccc5)cc4)cc3)cc2)c2ccccc2C1C. The molecule has 0 heterocycles. The Hall–Kier alpha value is -6.18. The molecule has 0 amide bonds. The van der Waals surface area contributed by atoms with E-state index in [1.165, 1.54) is 72.4 Å². The molecular formula is C53H45N. The van der Waals surface area contributed by atoms with Gasteiger partial charge in [-0.25, -0.2) is 0 Å². The van der Waals surface area contributed by atoms with Crippen molar-refractivity contribution < 1.29 is 0 Å². The summed E-state index contributed by atoms with van der Waals surface area (Å²) in [6.45, 7) is 9.27. The van der Waals surface area contributed by atoms with Crippen molar-refractivity contribution in [2.24, 2.45) is 0 Å². The lowest BCUT2D eigenvalue weighted by Crippen LogP contribution is -2.10. The van der Waals surface area contributed by atoms with Crippen LogP contribution in [0.3, 0.4) is 0 Å². The highest BCUT2D eigenvalue weighted by atomic mass is 15.1. The maximum Gasteiger partial charge on any atom is 0.0462 e. The molecule has 9 rings (SSSR count). The number of allylic oxidation sites excluding steroid dienone is 2. The van der Waals surface area contributed by atoms with Gasteiger partial charge in [-0.1, -0.05) is 179 Å². The Morgan fingerprint density at radius 3 is 1.48 bits per heavy atom. The van der Waals surface area contributed by atoms with Crippen LogP contribution < -0.4 is 4.90 Å². The number of hydrogen-bond acceptors (Lipinski definition) is 1. The van der Waals surface area contributed by atoms with Crippen LogP contribution in [0.1, 0.15) is 73.4 Å². The van der Waals surface area contributed by atoms with E-state index in [-0.39, 0.29) is 5.41 Å². The molecule has 0 aliphatic heterocycles. The number of rotatable bonds is 8. The minimum absolute atomic E-state index is 0.00665. The summed E-state index contributed by atoms with van der Waals surface area (Å²) in [4.78, 5) is 2.39. The molecule has 1 heteroatoms. The first-order valence-corrected chi connectivity index (χ1v) is 19.3. The first kappa shape index (κ1) is 33.6. The van der Waals surface area contributed by atoms with Crippen molar-refractivity contribution in [2.45, 2.75) is 45.4 Å². The van der Waals surface area contributed by atoms with Crippen molar-refractivity contribution in [3.8, 4) is 22.3 Å². The van der Waals surface area contributed by atoms with Crippen LogP contribution in [0.4, 0.5) is 17.1 Å². The molecule has 1 atom stereocenters. The number of fused-ring (bicyclic) bond motifs is 2. The minimum atomic E-state index is 0.00665. The van der Waals surface area contributed by atoms with Gasteiger partial charge in [0.15, 0.2) is 0 Å². The normalized spacial score (nSPS) is 15.5. The lowest BCUT2D eigenvalue weighted by atomic mass is 9.87. The summed E-state index contributed by atoms with van der Waals surface area (Å²) in [6.07, 6.45) is 3.47. The Kier molecular flexibility index (Phi) is 8.51. The summed E-state index contributed by atoms with van der Waals surface area (Å²) in [5.74, 6) is 0.441. The van der Waals surface area contributed by atoms with Crippen LogP contribution in [-0.2, 0) is 5.41 Å². The maximum atomic E-state index is 2.43. The van der Waals surface area contributed by atoms with Crippen molar-refractivity contribution in [3.63, 3.8) is 0 Å². The Morgan fingerprint density at radius 2 is 0.907 bits per heavy atom. The molecule has 2 aliphatic carbocycles. The van der Waals surface area contributed by atoms with Gasteiger partial charge in [0.05, 0.1) is 0 Å².